The Hall–Kier alpha value is -1.36. The number of hydrogen-bond donors (Lipinski definition) is 2. The van der Waals surface area contributed by atoms with Gasteiger partial charge in [0.15, 0.2) is 0 Å². The Balaban J connectivity index is 1.88. The molecule has 1 saturated heterocycles. The Morgan fingerprint density at radius 1 is 1.53 bits per heavy atom. The molecule has 1 aromatic rings. The van der Waals surface area contributed by atoms with E-state index in [0.717, 1.165) is 11.4 Å². The van der Waals surface area contributed by atoms with Gasteiger partial charge in [-0.25, -0.2) is 4.79 Å². The van der Waals surface area contributed by atoms with Crippen molar-refractivity contribution in [2.45, 2.75) is 25.8 Å². The number of urea groups is 1. The van der Waals surface area contributed by atoms with Gasteiger partial charge < -0.3 is 4.90 Å². The highest BCUT2D eigenvalue weighted by Gasteiger charge is 2.40. The predicted molar refractivity (Wildman–Crippen MR) is 67.5 cm³/mol. The van der Waals surface area contributed by atoms with E-state index in [0.29, 0.717) is 11.8 Å². The maximum Gasteiger partial charge on any atom is 0.323 e. The van der Waals surface area contributed by atoms with Crippen molar-refractivity contribution in [3.8, 4) is 0 Å². The van der Waals surface area contributed by atoms with Crippen molar-refractivity contribution in [1.82, 2.24) is 10.2 Å². The van der Waals surface area contributed by atoms with Crippen LogP contribution in [0.1, 0.15) is 28.6 Å². The highest BCUT2D eigenvalue weighted by Crippen LogP contribution is 2.36. The van der Waals surface area contributed by atoms with E-state index >= 15 is 0 Å². The smallest absolute Gasteiger partial charge is 0.309 e. The van der Waals surface area contributed by atoms with E-state index in [4.69, 9.17) is 5.41 Å². The summed E-state index contributed by atoms with van der Waals surface area (Å²) >= 11 is 1.67. The van der Waals surface area contributed by atoms with Gasteiger partial charge in [0, 0.05) is 16.3 Å². The lowest BCUT2D eigenvalue weighted by atomic mass is 10.2. The van der Waals surface area contributed by atoms with Gasteiger partial charge in [-0.3, -0.25) is 10.7 Å². The van der Waals surface area contributed by atoms with Gasteiger partial charge in [0.05, 0.1) is 0 Å². The highest BCUT2D eigenvalue weighted by atomic mass is 32.1. The molecule has 1 aliphatic heterocycles. The fourth-order valence-electron chi connectivity index (χ4n) is 2.19. The third-order valence-corrected chi connectivity index (χ3v) is 4.32. The summed E-state index contributed by atoms with van der Waals surface area (Å²) in [5, 5.41) is 10.5. The first-order valence-corrected chi connectivity index (χ1v) is 6.69. The van der Waals surface area contributed by atoms with Gasteiger partial charge in [0.1, 0.15) is 11.9 Å². The number of amides is 2. The minimum atomic E-state index is -0.179. The van der Waals surface area contributed by atoms with Gasteiger partial charge >= 0.3 is 6.03 Å². The van der Waals surface area contributed by atoms with Crippen molar-refractivity contribution in [2.75, 3.05) is 6.54 Å². The molecule has 0 bridgehead atoms. The van der Waals surface area contributed by atoms with Crippen molar-refractivity contribution >= 4 is 23.2 Å². The maximum atomic E-state index is 11.8. The highest BCUT2D eigenvalue weighted by molar-refractivity contribution is 7.12. The van der Waals surface area contributed by atoms with Gasteiger partial charge in [-0.05, 0) is 37.8 Å². The Morgan fingerprint density at radius 3 is 2.88 bits per heavy atom. The molecular weight excluding hydrogens is 234 g/mol. The molecule has 90 valence electrons. The Kier molecular flexibility index (Phi) is 2.43. The van der Waals surface area contributed by atoms with Gasteiger partial charge in [0.2, 0.25) is 0 Å². The molecule has 5 heteroatoms. The van der Waals surface area contributed by atoms with E-state index in [2.05, 4.69) is 5.32 Å². The Labute approximate surface area is 104 Å². The van der Waals surface area contributed by atoms with Crippen molar-refractivity contribution in [3.63, 3.8) is 0 Å². The molecule has 4 nitrogen and oxygen atoms in total. The minimum Gasteiger partial charge on any atom is -0.309 e. The summed E-state index contributed by atoms with van der Waals surface area (Å²) in [4.78, 5) is 15.9. The monoisotopic (exact) mass is 249 g/mol. The molecule has 2 heterocycles. The van der Waals surface area contributed by atoms with Crippen LogP contribution in [0.15, 0.2) is 12.1 Å². The summed E-state index contributed by atoms with van der Waals surface area (Å²) in [6.45, 7) is 2.84. The molecule has 17 heavy (non-hydrogen) atoms. The number of hydrogen-bond acceptors (Lipinski definition) is 3. The molecular formula is C12H15N3OS. The second-order valence-electron chi connectivity index (χ2n) is 4.79. The van der Waals surface area contributed by atoms with Crippen molar-refractivity contribution in [1.29, 1.82) is 5.41 Å². The third kappa shape index (κ3) is 1.95. The lowest BCUT2D eigenvalue weighted by molar-refractivity contribution is 0.203. The van der Waals surface area contributed by atoms with Crippen molar-refractivity contribution in [3.05, 3.63) is 21.9 Å². The molecule has 2 N–H and O–H groups in total. The van der Waals surface area contributed by atoms with Gasteiger partial charge in [-0.15, -0.1) is 11.3 Å². The normalized spacial score (nSPS) is 24.3. The Bertz CT molecular complexity index is 478. The number of rotatable bonds is 3. The van der Waals surface area contributed by atoms with E-state index < -0.39 is 0 Å². The third-order valence-electron chi connectivity index (χ3n) is 3.27. The first-order valence-electron chi connectivity index (χ1n) is 5.87. The number of nitrogens with zero attached hydrogens (tertiary/aromatic N) is 1. The van der Waals surface area contributed by atoms with Crippen LogP contribution in [0.2, 0.25) is 0 Å². The van der Waals surface area contributed by atoms with Crippen LogP contribution < -0.4 is 5.32 Å². The zero-order chi connectivity index (χ0) is 12.0. The molecule has 1 saturated carbocycles. The van der Waals surface area contributed by atoms with Crippen LogP contribution in [-0.2, 0) is 0 Å². The average molecular weight is 249 g/mol. The first kappa shape index (κ1) is 10.8. The molecule has 1 atom stereocenters. The van der Waals surface area contributed by atoms with Crippen molar-refractivity contribution in [2.24, 2.45) is 5.92 Å². The SMILES string of the molecule is Cc1ccc(C2C(=N)NC(=O)N2CC2CC2)s1. The summed E-state index contributed by atoms with van der Waals surface area (Å²) in [6, 6.07) is 3.78. The molecule has 0 radical (unpaired) electrons. The molecule has 2 amide bonds. The number of amidine groups is 1. The maximum absolute atomic E-state index is 11.8. The second-order valence-corrected chi connectivity index (χ2v) is 6.11. The Morgan fingerprint density at radius 2 is 2.29 bits per heavy atom. The van der Waals surface area contributed by atoms with E-state index in [1.807, 2.05) is 24.0 Å². The summed E-state index contributed by atoms with van der Waals surface area (Å²) < 4.78 is 0. The number of thiophene rings is 1. The lowest BCUT2D eigenvalue weighted by Crippen LogP contribution is -2.31. The number of carbonyl (C=O) groups is 1. The van der Waals surface area contributed by atoms with E-state index in [9.17, 15) is 4.79 Å². The first-order chi connectivity index (χ1) is 8.15. The van der Waals surface area contributed by atoms with Crippen molar-refractivity contribution < 1.29 is 4.79 Å². The number of carbonyl (C=O) groups excluding carboxylic acids is 1. The molecule has 1 unspecified atom stereocenters. The van der Waals surface area contributed by atoms with Gasteiger partial charge in [-0.2, -0.15) is 0 Å². The molecule has 1 aromatic heterocycles. The standard InChI is InChI=1S/C12H15N3OS/c1-7-2-5-9(17-7)10-11(13)14-12(16)15(10)6-8-3-4-8/h2,5,8,10H,3-4,6H2,1H3,(H2,13,14,16). The number of nitrogens with one attached hydrogen (secondary N) is 2. The fraction of sp³-hybridized carbons (Fsp3) is 0.500. The fourth-order valence-corrected chi connectivity index (χ4v) is 3.19. The predicted octanol–water partition coefficient (Wildman–Crippen LogP) is 2.51. The molecule has 0 spiro atoms. The summed E-state index contributed by atoms with van der Waals surface area (Å²) in [5.41, 5.74) is 0. The average Bonchev–Trinajstić information content (AvgIpc) is 2.92. The molecule has 2 fully saturated rings. The molecule has 3 rings (SSSR count). The number of aryl methyl sites for hydroxylation is 1. The quantitative estimate of drug-likeness (QED) is 0.849. The van der Waals surface area contributed by atoms with E-state index in [-0.39, 0.29) is 12.1 Å². The van der Waals surface area contributed by atoms with Gasteiger partial charge in [0.25, 0.3) is 0 Å². The largest absolute Gasteiger partial charge is 0.323 e. The zero-order valence-electron chi connectivity index (χ0n) is 9.69. The van der Waals surface area contributed by atoms with E-state index in [1.165, 1.54) is 17.7 Å². The van der Waals surface area contributed by atoms with E-state index in [1.54, 1.807) is 11.3 Å². The summed E-state index contributed by atoms with van der Waals surface area (Å²) in [7, 11) is 0. The molecule has 0 aromatic carbocycles. The lowest BCUT2D eigenvalue weighted by Gasteiger charge is -2.21. The second kappa shape index (κ2) is 3.84. The van der Waals surface area contributed by atoms with Crippen LogP contribution in [0.4, 0.5) is 4.79 Å². The minimum absolute atomic E-state index is 0.113. The van der Waals surface area contributed by atoms with Crippen LogP contribution in [0, 0.1) is 18.3 Å². The van der Waals surface area contributed by atoms with Crippen LogP contribution in [0.3, 0.4) is 0 Å². The molecule has 1 aliphatic carbocycles. The van der Waals surface area contributed by atoms with Crippen LogP contribution in [0.25, 0.3) is 0 Å². The zero-order valence-corrected chi connectivity index (χ0v) is 10.5. The van der Waals surface area contributed by atoms with Crippen LogP contribution >= 0.6 is 11.3 Å². The van der Waals surface area contributed by atoms with Crippen LogP contribution in [0.5, 0.6) is 0 Å². The topological polar surface area (TPSA) is 56.2 Å². The molecule has 2 aliphatic rings. The van der Waals surface area contributed by atoms with Crippen LogP contribution in [-0.4, -0.2) is 23.3 Å². The summed E-state index contributed by atoms with van der Waals surface area (Å²) in [5.74, 6) is 0.965. The summed E-state index contributed by atoms with van der Waals surface area (Å²) in [6.07, 6.45) is 2.43. The van der Waals surface area contributed by atoms with Gasteiger partial charge in [-0.1, -0.05) is 0 Å².